The summed E-state index contributed by atoms with van der Waals surface area (Å²) in [5, 5.41) is 16.2. The number of imide groups is 1. The molecule has 0 aromatic heterocycles. The van der Waals surface area contributed by atoms with Crippen molar-refractivity contribution in [2.24, 2.45) is 11.5 Å². The van der Waals surface area contributed by atoms with E-state index in [1.165, 1.54) is 5.48 Å². The molecule has 11 heteroatoms. The normalized spacial score (nSPS) is 8.90. The van der Waals surface area contributed by atoms with Crippen LogP contribution in [0.3, 0.4) is 0 Å². The Labute approximate surface area is 119 Å². The summed E-state index contributed by atoms with van der Waals surface area (Å²) in [5.41, 5.74) is 11.0. The monoisotopic (exact) mass is 306 g/mol. The lowest BCUT2D eigenvalue weighted by Gasteiger charge is -2.14. The minimum absolute atomic E-state index is 0.0353. The first kappa shape index (κ1) is 20.8. The minimum atomic E-state index is -1.24. The molecular weight excluding hydrogens is 288 g/mol. The molecule has 0 aliphatic carbocycles. The first-order chi connectivity index (χ1) is 9.65. The molecule has 0 aromatic carbocycles. The molecule has 0 bridgehead atoms. The van der Waals surface area contributed by atoms with Crippen LogP contribution in [0.25, 0.3) is 0 Å². The fraction of sp³-hybridized carbons (Fsp3) is 0.500. The van der Waals surface area contributed by atoms with Crippen molar-refractivity contribution < 1.29 is 34.3 Å². The third kappa shape index (κ3) is 12.3. The molecule has 4 amide bonds. The van der Waals surface area contributed by atoms with Crippen LogP contribution in [0.15, 0.2) is 0 Å². The van der Waals surface area contributed by atoms with Crippen LogP contribution in [0.2, 0.25) is 0 Å². The maximum atomic E-state index is 10.8. The highest BCUT2D eigenvalue weighted by Crippen LogP contribution is 1.89. The molecule has 7 N–H and O–H groups in total. The highest BCUT2D eigenvalue weighted by Gasteiger charge is 2.18. The number of nitrogens with one attached hydrogen (secondary N) is 1. The molecule has 0 saturated carbocycles. The lowest BCUT2D eigenvalue weighted by Crippen LogP contribution is -2.42. The predicted molar refractivity (Wildman–Crippen MR) is 67.4 cm³/mol. The molecule has 0 fully saturated rings. The van der Waals surface area contributed by atoms with E-state index in [2.05, 4.69) is 0 Å². The van der Waals surface area contributed by atoms with E-state index in [-0.39, 0.29) is 19.4 Å². The van der Waals surface area contributed by atoms with Gasteiger partial charge in [-0.2, -0.15) is 0 Å². The average molecular weight is 306 g/mol. The van der Waals surface area contributed by atoms with Gasteiger partial charge in [0.25, 0.3) is 0 Å². The number of carboxylic acids is 1. The van der Waals surface area contributed by atoms with Crippen LogP contribution < -0.4 is 16.9 Å². The van der Waals surface area contributed by atoms with Gasteiger partial charge in [0.15, 0.2) is 0 Å². The quantitative estimate of drug-likeness (QED) is 0.255. The van der Waals surface area contributed by atoms with Gasteiger partial charge in [0.2, 0.25) is 23.6 Å². The summed E-state index contributed by atoms with van der Waals surface area (Å²) in [6, 6.07) is 0. The van der Waals surface area contributed by atoms with Crippen LogP contribution in [-0.4, -0.2) is 57.9 Å². The van der Waals surface area contributed by atoms with Crippen LogP contribution in [0.1, 0.15) is 19.8 Å². The minimum Gasteiger partial charge on any atom is -0.480 e. The number of carbonyl (C=O) groups excluding carboxylic acids is 4. The van der Waals surface area contributed by atoms with Crippen molar-refractivity contribution in [3.8, 4) is 0 Å². The van der Waals surface area contributed by atoms with Crippen LogP contribution in [0, 0.1) is 0 Å². The summed E-state index contributed by atoms with van der Waals surface area (Å²) < 4.78 is 0. The number of carbonyl (C=O) groups is 5. The van der Waals surface area contributed by atoms with Gasteiger partial charge in [-0.3, -0.25) is 34.1 Å². The number of nitrogens with two attached hydrogens (primary N) is 2. The van der Waals surface area contributed by atoms with Crippen molar-refractivity contribution in [3.63, 3.8) is 0 Å². The van der Waals surface area contributed by atoms with Gasteiger partial charge in [-0.15, -0.1) is 0 Å². The van der Waals surface area contributed by atoms with Gasteiger partial charge in [-0.05, 0) is 0 Å². The van der Waals surface area contributed by atoms with Crippen molar-refractivity contribution in [1.29, 1.82) is 0 Å². The van der Waals surface area contributed by atoms with E-state index < -0.39 is 36.1 Å². The molecule has 0 rings (SSSR count). The number of hydrogen-bond acceptors (Lipinski definition) is 7. The Kier molecular flexibility index (Phi) is 11.2. The van der Waals surface area contributed by atoms with Crippen LogP contribution in [0.5, 0.6) is 0 Å². The second-order valence-corrected chi connectivity index (χ2v) is 3.60. The Hall–Kier alpha value is -2.53. The number of aliphatic carboxylic acids is 1. The molecule has 0 aromatic rings. The summed E-state index contributed by atoms with van der Waals surface area (Å²) in [6.07, 6.45) is -0.0990. The van der Waals surface area contributed by atoms with E-state index in [9.17, 15) is 24.0 Å². The Morgan fingerprint density at radius 2 is 1.67 bits per heavy atom. The molecule has 120 valence electrons. The first-order valence-electron chi connectivity index (χ1n) is 5.59. The van der Waals surface area contributed by atoms with Gasteiger partial charge in [0, 0.05) is 19.8 Å². The molecule has 11 nitrogen and oxygen atoms in total. The first-order valence-corrected chi connectivity index (χ1v) is 5.59. The standard InChI is InChI=1S/C6H10N2O4.C4H8N2O3/c1-4(9)8(3-6(11)12)5(10)2-7;5-3(7)1-2-4(8)6-9/h2-3,7H2,1H3,(H,11,12);9H,1-2H2,(H2,5,7)(H,6,8). The summed E-state index contributed by atoms with van der Waals surface area (Å²) >= 11 is 0. The summed E-state index contributed by atoms with van der Waals surface area (Å²) in [5.74, 6) is -3.71. The predicted octanol–water partition coefficient (Wildman–Crippen LogP) is -2.84. The fourth-order valence-electron chi connectivity index (χ4n) is 0.913. The topological polar surface area (TPSA) is 193 Å². The maximum absolute atomic E-state index is 10.8. The molecule has 0 aliphatic heterocycles. The number of primary amides is 1. The maximum Gasteiger partial charge on any atom is 0.323 e. The van der Waals surface area contributed by atoms with E-state index >= 15 is 0 Å². The SMILES string of the molecule is CC(=O)N(CC(=O)O)C(=O)CN.NC(=O)CCC(=O)NO. The molecule has 0 saturated heterocycles. The highest BCUT2D eigenvalue weighted by molar-refractivity contribution is 5.97. The van der Waals surface area contributed by atoms with E-state index in [1.807, 2.05) is 0 Å². The largest absolute Gasteiger partial charge is 0.480 e. The molecule has 0 aliphatic rings. The molecule has 0 heterocycles. The summed E-state index contributed by atoms with van der Waals surface area (Å²) in [4.78, 5) is 52.3. The summed E-state index contributed by atoms with van der Waals surface area (Å²) in [6.45, 7) is 0.106. The molecular formula is C10H18N4O7. The molecule has 0 radical (unpaired) electrons. The van der Waals surface area contributed by atoms with Crippen LogP contribution in [-0.2, 0) is 24.0 Å². The van der Waals surface area contributed by atoms with E-state index in [4.69, 9.17) is 21.8 Å². The zero-order chi connectivity index (χ0) is 17.0. The van der Waals surface area contributed by atoms with Crippen molar-refractivity contribution in [3.05, 3.63) is 0 Å². The van der Waals surface area contributed by atoms with Crippen molar-refractivity contribution in [2.75, 3.05) is 13.1 Å². The number of nitrogens with zero attached hydrogens (tertiary/aromatic N) is 1. The summed E-state index contributed by atoms with van der Waals surface area (Å²) in [7, 11) is 0. The van der Waals surface area contributed by atoms with Gasteiger partial charge in [0.1, 0.15) is 6.54 Å². The number of hydroxylamine groups is 1. The molecule has 0 spiro atoms. The second kappa shape index (κ2) is 11.3. The fourth-order valence-corrected chi connectivity index (χ4v) is 0.913. The number of carboxylic acid groups (broad SMARTS) is 1. The smallest absolute Gasteiger partial charge is 0.323 e. The van der Waals surface area contributed by atoms with E-state index in [0.717, 1.165) is 6.92 Å². The number of rotatable bonds is 6. The van der Waals surface area contributed by atoms with Crippen molar-refractivity contribution in [2.45, 2.75) is 19.8 Å². The Bertz CT molecular complexity index is 410. The van der Waals surface area contributed by atoms with Crippen LogP contribution in [0.4, 0.5) is 0 Å². The van der Waals surface area contributed by atoms with Crippen LogP contribution >= 0.6 is 0 Å². The van der Waals surface area contributed by atoms with Crippen molar-refractivity contribution in [1.82, 2.24) is 10.4 Å². The molecule has 21 heavy (non-hydrogen) atoms. The average Bonchev–Trinajstić information content (AvgIpc) is 2.41. The Balaban J connectivity index is 0. The Morgan fingerprint density at radius 3 is 1.95 bits per heavy atom. The van der Waals surface area contributed by atoms with E-state index in [1.54, 1.807) is 0 Å². The number of amides is 4. The lowest BCUT2D eigenvalue weighted by molar-refractivity contribution is -0.151. The van der Waals surface area contributed by atoms with Crippen molar-refractivity contribution >= 4 is 29.6 Å². The Morgan fingerprint density at radius 1 is 1.14 bits per heavy atom. The van der Waals surface area contributed by atoms with Gasteiger partial charge in [-0.25, -0.2) is 5.48 Å². The second-order valence-electron chi connectivity index (χ2n) is 3.60. The van der Waals surface area contributed by atoms with Gasteiger partial charge in [0.05, 0.1) is 6.54 Å². The van der Waals surface area contributed by atoms with Gasteiger partial charge >= 0.3 is 5.97 Å². The number of hydrogen-bond donors (Lipinski definition) is 5. The molecule has 0 unspecified atom stereocenters. The molecule has 0 atom stereocenters. The third-order valence-electron chi connectivity index (χ3n) is 1.87. The van der Waals surface area contributed by atoms with E-state index in [0.29, 0.717) is 4.90 Å². The zero-order valence-corrected chi connectivity index (χ0v) is 11.4. The van der Waals surface area contributed by atoms with Gasteiger partial charge < -0.3 is 16.6 Å². The zero-order valence-electron chi connectivity index (χ0n) is 11.4. The lowest BCUT2D eigenvalue weighted by atomic mass is 10.3. The third-order valence-corrected chi connectivity index (χ3v) is 1.87. The van der Waals surface area contributed by atoms with Gasteiger partial charge in [-0.1, -0.05) is 0 Å². The highest BCUT2D eigenvalue weighted by atomic mass is 16.5.